The van der Waals surface area contributed by atoms with E-state index in [1.165, 1.54) is 40.9 Å². The van der Waals surface area contributed by atoms with Crippen LogP contribution in [-0.4, -0.2) is 23.4 Å². The van der Waals surface area contributed by atoms with Crippen molar-refractivity contribution in [3.8, 4) is 11.5 Å². The molecule has 0 N–H and O–H groups in total. The second-order valence-corrected chi connectivity index (χ2v) is 7.07. The zero-order chi connectivity index (χ0) is 17.4. The summed E-state index contributed by atoms with van der Waals surface area (Å²) in [6.45, 7) is 1.03. The van der Waals surface area contributed by atoms with Crippen molar-refractivity contribution in [3.63, 3.8) is 0 Å². The number of anilines is 1. The number of hydrogen-bond acceptors (Lipinski definition) is 5. The van der Waals surface area contributed by atoms with Crippen LogP contribution in [0.15, 0.2) is 47.4 Å². The molecule has 0 aliphatic carbocycles. The molecule has 1 saturated heterocycles. The topological polar surface area (TPSA) is 38.8 Å². The van der Waals surface area contributed by atoms with Crippen LogP contribution in [-0.2, 0) is 4.79 Å². The molecular weight excluding hydrogens is 361 g/mol. The summed E-state index contributed by atoms with van der Waals surface area (Å²) in [6, 6.07) is 11.2. The van der Waals surface area contributed by atoms with Crippen LogP contribution in [0.4, 0.5) is 10.1 Å². The number of hydrogen-bond donors (Lipinski definition) is 0. The van der Waals surface area contributed by atoms with Crippen molar-refractivity contribution in [2.75, 3.05) is 18.1 Å². The van der Waals surface area contributed by atoms with Crippen LogP contribution in [0.25, 0.3) is 6.08 Å². The van der Waals surface area contributed by atoms with Gasteiger partial charge in [0.25, 0.3) is 5.91 Å². The van der Waals surface area contributed by atoms with Crippen molar-refractivity contribution < 1.29 is 18.7 Å². The van der Waals surface area contributed by atoms with Crippen LogP contribution in [0.3, 0.4) is 0 Å². The Hall–Kier alpha value is -2.38. The largest absolute Gasteiger partial charge is 0.486 e. The molecule has 1 amide bonds. The number of benzene rings is 2. The Balaban J connectivity index is 1.63. The number of thioether (sulfide) groups is 1. The average Bonchev–Trinajstić information content (AvgIpc) is 2.89. The predicted octanol–water partition coefficient (Wildman–Crippen LogP) is 4.00. The van der Waals surface area contributed by atoms with Crippen molar-refractivity contribution in [1.82, 2.24) is 0 Å². The second-order valence-electron chi connectivity index (χ2n) is 5.40. The molecule has 2 aliphatic rings. The number of halogens is 1. The summed E-state index contributed by atoms with van der Waals surface area (Å²) in [5, 5.41) is 0. The summed E-state index contributed by atoms with van der Waals surface area (Å²) in [7, 11) is 0. The van der Waals surface area contributed by atoms with Crippen molar-refractivity contribution in [1.29, 1.82) is 0 Å². The molecule has 0 unspecified atom stereocenters. The molecule has 0 aromatic heterocycles. The van der Waals surface area contributed by atoms with Crippen LogP contribution < -0.4 is 14.4 Å². The quantitative estimate of drug-likeness (QED) is 0.588. The highest BCUT2D eigenvalue weighted by atomic mass is 32.2. The minimum absolute atomic E-state index is 0.225. The van der Waals surface area contributed by atoms with E-state index in [2.05, 4.69) is 0 Å². The van der Waals surface area contributed by atoms with E-state index < -0.39 is 0 Å². The number of nitrogens with zero attached hydrogens (tertiary/aromatic N) is 1. The number of rotatable bonds is 2. The van der Waals surface area contributed by atoms with Crippen LogP contribution in [0.1, 0.15) is 5.56 Å². The zero-order valence-electron chi connectivity index (χ0n) is 12.9. The highest BCUT2D eigenvalue weighted by Crippen LogP contribution is 2.37. The molecule has 7 heteroatoms. The average molecular weight is 373 g/mol. The third-order valence-electron chi connectivity index (χ3n) is 3.74. The molecule has 2 aromatic rings. The van der Waals surface area contributed by atoms with Gasteiger partial charge in [0.15, 0.2) is 15.8 Å². The Morgan fingerprint density at radius 1 is 1.08 bits per heavy atom. The van der Waals surface area contributed by atoms with Crippen LogP contribution in [0.2, 0.25) is 0 Å². The third-order valence-corrected chi connectivity index (χ3v) is 5.04. The normalized spacial score (nSPS) is 18.1. The molecule has 1 fully saturated rings. The fourth-order valence-electron chi connectivity index (χ4n) is 2.58. The van der Waals surface area contributed by atoms with Gasteiger partial charge in [0.2, 0.25) is 0 Å². The van der Waals surface area contributed by atoms with Gasteiger partial charge in [-0.05, 0) is 48.0 Å². The summed E-state index contributed by atoms with van der Waals surface area (Å²) in [5.41, 5.74) is 1.37. The number of thiocarbonyl (C=S) groups is 1. The lowest BCUT2D eigenvalue weighted by molar-refractivity contribution is -0.113. The van der Waals surface area contributed by atoms with Crippen LogP contribution in [0, 0.1) is 5.82 Å². The van der Waals surface area contributed by atoms with Gasteiger partial charge in [0, 0.05) is 0 Å². The molecule has 126 valence electrons. The number of fused-ring (bicyclic) bond motifs is 1. The van der Waals surface area contributed by atoms with Crippen molar-refractivity contribution in [3.05, 3.63) is 58.8 Å². The summed E-state index contributed by atoms with van der Waals surface area (Å²) in [4.78, 5) is 14.6. The number of carbonyl (C=O) groups is 1. The predicted molar refractivity (Wildman–Crippen MR) is 99.5 cm³/mol. The summed E-state index contributed by atoms with van der Waals surface area (Å²) in [6.07, 6.45) is 1.76. The zero-order valence-corrected chi connectivity index (χ0v) is 14.5. The molecule has 0 saturated carbocycles. The van der Waals surface area contributed by atoms with E-state index in [1.807, 2.05) is 18.2 Å². The molecule has 0 spiro atoms. The minimum Gasteiger partial charge on any atom is -0.486 e. The Morgan fingerprint density at radius 2 is 1.80 bits per heavy atom. The SMILES string of the molecule is O=C1C(=Cc2ccc3c(c2)OCCO3)SC(=S)N1c1ccc(F)cc1. The third kappa shape index (κ3) is 3.12. The Bertz CT molecular complexity index is 896. The van der Waals surface area contributed by atoms with Gasteiger partial charge in [-0.25, -0.2) is 4.39 Å². The van der Waals surface area contributed by atoms with E-state index in [9.17, 15) is 9.18 Å². The molecule has 2 aliphatic heterocycles. The van der Waals surface area contributed by atoms with Gasteiger partial charge in [-0.2, -0.15) is 0 Å². The fourth-order valence-corrected chi connectivity index (χ4v) is 3.88. The van der Waals surface area contributed by atoms with Crippen LogP contribution >= 0.6 is 24.0 Å². The Morgan fingerprint density at radius 3 is 2.56 bits per heavy atom. The Labute approximate surface area is 153 Å². The van der Waals surface area contributed by atoms with E-state index in [1.54, 1.807) is 6.08 Å². The van der Waals surface area contributed by atoms with Crippen molar-refractivity contribution in [2.45, 2.75) is 0 Å². The van der Waals surface area contributed by atoms with E-state index in [4.69, 9.17) is 21.7 Å². The molecule has 25 heavy (non-hydrogen) atoms. The van der Waals surface area contributed by atoms with Crippen LogP contribution in [0.5, 0.6) is 11.5 Å². The maximum atomic E-state index is 13.1. The lowest BCUT2D eigenvalue weighted by atomic mass is 10.1. The summed E-state index contributed by atoms with van der Waals surface area (Å²) in [5.74, 6) is 0.772. The number of ether oxygens (including phenoxy) is 2. The van der Waals surface area contributed by atoms with Gasteiger partial charge in [-0.3, -0.25) is 9.69 Å². The lowest BCUT2D eigenvalue weighted by Gasteiger charge is -2.18. The Kier molecular flexibility index (Phi) is 4.19. The molecule has 2 heterocycles. The van der Waals surface area contributed by atoms with Crippen molar-refractivity contribution in [2.24, 2.45) is 0 Å². The molecule has 0 radical (unpaired) electrons. The summed E-state index contributed by atoms with van der Waals surface area (Å²) < 4.78 is 24.6. The van der Waals surface area contributed by atoms with E-state index in [-0.39, 0.29) is 11.7 Å². The first-order valence-electron chi connectivity index (χ1n) is 7.55. The second kappa shape index (κ2) is 6.50. The standard InChI is InChI=1S/C18H12FNO3S2/c19-12-2-4-13(5-3-12)20-17(21)16(25-18(20)24)10-11-1-6-14-15(9-11)23-8-7-22-14/h1-6,9-10H,7-8H2. The van der Waals surface area contributed by atoms with Gasteiger partial charge in [0.1, 0.15) is 19.0 Å². The van der Waals surface area contributed by atoms with Gasteiger partial charge in [-0.15, -0.1) is 0 Å². The monoisotopic (exact) mass is 373 g/mol. The first-order chi connectivity index (χ1) is 12.1. The molecule has 0 bridgehead atoms. The van der Waals surface area contributed by atoms with E-state index in [0.29, 0.717) is 39.6 Å². The molecule has 2 aromatic carbocycles. The summed E-state index contributed by atoms with van der Waals surface area (Å²) >= 11 is 6.53. The number of amides is 1. The maximum absolute atomic E-state index is 13.1. The number of carbonyl (C=O) groups excluding carboxylic acids is 1. The minimum atomic E-state index is -0.360. The fraction of sp³-hybridized carbons (Fsp3) is 0.111. The smallest absolute Gasteiger partial charge is 0.270 e. The van der Waals surface area contributed by atoms with Gasteiger partial charge in [-0.1, -0.05) is 30.0 Å². The van der Waals surface area contributed by atoms with Gasteiger partial charge in [0.05, 0.1) is 10.6 Å². The van der Waals surface area contributed by atoms with E-state index >= 15 is 0 Å². The van der Waals surface area contributed by atoms with Gasteiger partial charge < -0.3 is 9.47 Å². The molecule has 4 nitrogen and oxygen atoms in total. The highest BCUT2D eigenvalue weighted by Gasteiger charge is 2.33. The highest BCUT2D eigenvalue weighted by molar-refractivity contribution is 8.27. The molecule has 0 atom stereocenters. The molecular formula is C18H12FNO3S2. The van der Waals surface area contributed by atoms with E-state index in [0.717, 1.165) is 5.56 Å². The maximum Gasteiger partial charge on any atom is 0.270 e. The molecule has 4 rings (SSSR count). The van der Waals surface area contributed by atoms with Gasteiger partial charge >= 0.3 is 0 Å². The first-order valence-corrected chi connectivity index (χ1v) is 8.77. The lowest BCUT2D eigenvalue weighted by Crippen LogP contribution is -2.27. The first kappa shape index (κ1) is 16.1. The van der Waals surface area contributed by atoms with Crippen molar-refractivity contribution >= 4 is 46.0 Å².